The summed E-state index contributed by atoms with van der Waals surface area (Å²) in [7, 11) is 1.77. The summed E-state index contributed by atoms with van der Waals surface area (Å²) in [6.07, 6.45) is 1.78. The highest BCUT2D eigenvalue weighted by molar-refractivity contribution is 9.10. The van der Waals surface area contributed by atoms with Crippen molar-refractivity contribution in [3.63, 3.8) is 0 Å². The van der Waals surface area contributed by atoms with Crippen LogP contribution >= 0.6 is 15.9 Å². The van der Waals surface area contributed by atoms with E-state index in [4.69, 9.17) is 5.73 Å². The number of rotatable bonds is 1. The summed E-state index contributed by atoms with van der Waals surface area (Å²) >= 11 is 3.22. The Bertz CT molecular complexity index is 267. The van der Waals surface area contributed by atoms with E-state index in [9.17, 15) is 4.79 Å². The average molecular weight is 203 g/mol. The third-order valence-corrected chi connectivity index (χ3v) is 1.66. The molecule has 0 aliphatic rings. The van der Waals surface area contributed by atoms with Crippen molar-refractivity contribution < 1.29 is 4.79 Å². The molecule has 0 spiro atoms. The number of amides is 1. The lowest BCUT2D eigenvalue weighted by Gasteiger charge is -1.94. The maximum Gasteiger partial charge on any atom is 0.265 e. The van der Waals surface area contributed by atoms with Crippen molar-refractivity contribution >= 4 is 21.8 Å². The molecule has 1 heterocycles. The zero-order valence-electron chi connectivity index (χ0n) is 5.47. The third-order valence-electron chi connectivity index (χ3n) is 1.22. The van der Waals surface area contributed by atoms with E-state index in [0.29, 0.717) is 5.69 Å². The molecule has 4 heteroatoms. The van der Waals surface area contributed by atoms with E-state index in [1.165, 1.54) is 0 Å². The Morgan fingerprint density at radius 1 is 1.80 bits per heavy atom. The molecule has 3 nitrogen and oxygen atoms in total. The molecule has 0 saturated carbocycles. The van der Waals surface area contributed by atoms with Gasteiger partial charge < -0.3 is 10.3 Å². The summed E-state index contributed by atoms with van der Waals surface area (Å²) in [6.45, 7) is 0. The molecular formula is C6H7BrN2O. The van der Waals surface area contributed by atoms with Gasteiger partial charge in [0.1, 0.15) is 5.69 Å². The van der Waals surface area contributed by atoms with Crippen LogP contribution < -0.4 is 5.73 Å². The summed E-state index contributed by atoms with van der Waals surface area (Å²) < 4.78 is 2.54. The highest BCUT2D eigenvalue weighted by Gasteiger charge is 2.05. The number of hydrogen-bond acceptors (Lipinski definition) is 1. The van der Waals surface area contributed by atoms with Gasteiger partial charge in [-0.25, -0.2) is 0 Å². The molecule has 0 aromatic carbocycles. The fourth-order valence-corrected chi connectivity index (χ4v) is 1.29. The van der Waals surface area contributed by atoms with Crippen LogP contribution in [0, 0.1) is 0 Å². The van der Waals surface area contributed by atoms with Gasteiger partial charge in [0.2, 0.25) is 0 Å². The highest BCUT2D eigenvalue weighted by Crippen LogP contribution is 2.12. The molecule has 1 amide bonds. The number of primary amides is 1. The molecule has 2 N–H and O–H groups in total. The third kappa shape index (κ3) is 1.21. The Labute approximate surface area is 66.9 Å². The standard InChI is InChI=1S/C6H7BrN2O/c1-9-3-4(7)2-5(9)6(8)10/h2-3H,1H3,(H2,8,10). The predicted molar refractivity (Wildman–Crippen MR) is 41.6 cm³/mol. The maximum atomic E-state index is 10.6. The summed E-state index contributed by atoms with van der Waals surface area (Å²) in [6, 6.07) is 1.68. The first-order valence-corrected chi connectivity index (χ1v) is 3.52. The van der Waals surface area contributed by atoms with Crippen molar-refractivity contribution in [3.05, 3.63) is 22.4 Å². The van der Waals surface area contributed by atoms with Gasteiger partial charge in [0, 0.05) is 17.7 Å². The van der Waals surface area contributed by atoms with Gasteiger partial charge in [0.15, 0.2) is 0 Å². The highest BCUT2D eigenvalue weighted by atomic mass is 79.9. The van der Waals surface area contributed by atoms with E-state index in [-0.39, 0.29) is 0 Å². The van der Waals surface area contributed by atoms with Gasteiger partial charge >= 0.3 is 0 Å². The quantitative estimate of drug-likeness (QED) is 0.723. The van der Waals surface area contributed by atoms with Crippen molar-refractivity contribution in [1.82, 2.24) is 4.57 Å². The van der Waals surface area contributed by atoms with Gasteiger partial charge in [-0.3, -0.25) is 4.79 Å². The second-order valence-corrected chi connectivity index (χ2v) is 2.93. The molecule has 0 radical (unpaired) electrons. The van der Waals surface area contributed by atoms with Gasteiger partial charge in [-0.05, 0) is 22.0 Å². The van der Waals surface area contributed by atoms with Crippen molar-refractivity contribution in [2.45, 2.75) is 0 Å². The lowest BCUT2D eigenvalue weighted by molar-refractivity contribution is 0.0992. The molecule has 1 rings (SSSR count). The molecule has 0 unspecified atom stereocenters. The van der Waals surface area contributed by atoms with Gasteiger partial charge in [0.25, 0.3) is 5.91 Å². The van der Waals surface area contributed by atoms with E-state index < -0.39 is 5.91 Å². The van der Waals surface area contributed by atoms with Crippen molar-refractivity contribution in [1.29, 1.82) is 0 Å². The topological polar surface area (TPSA) is 48.0 Å². The Kier molecular flexibility index (Phi) is 1.80. The van der Waals surface area contributed by atoms with Gasteiger partial charge in [-0.1, -0.05) is 0 Å². The van der Waals surface area contributed by atoms with Crippen molar-refractivity contribution in [3.8, 4) is 0 Å². The second-order valence-electron chi connectivity index (χ2n) is 2.02. The molecule has 0 bridgehead atoms. The van der Waals surface area contributed by atoms with Crippen molar-refractivity contribution in [2.75, 3.05) is 0 Å². The number of nitrogens with two attached hydrogens (primary N) is 1. The predicted octanol–water partition coefficient (Wildman–Crippen LogP) is 0.887. The molecule has 1 aromatic rings. The summed E-state index contributed by atoms with van der Waals surface area (Å²) in [5, 5.41) is 0. The Morgan fingerprint density at radius 3 is 2.60 bits per heavy atom. The van der Waals surface area contributed by atoms with E-state index in [0.717, 1.165) is 4.47 Å². The molecule has 0 atom stereocenters. The fraction of sp³-hybridized carbons (Fsp3) is 0.167. The van der Waals surface area contributed by atoms with Crippen LogP contribution in [0.3, 0.4) is 0 Å². The number of nitrogens with zero attached hydrogens (tertiary/aromatic N) is 1. The lowest BCUT2D eigenvalue weighted by atomic mass is 10.4. The Balaban J connectivity index is 3.15. The van der Waals surface area contributed by atoms with Crippen LogP contribution in [0.25, 0.3) is 0 Å². The zero-order valence-corrected chi connectivity index (χ0v) is 7.05. The Morgan fingerprint density at radius 2 is 2.40 bits per heavy atom. The van der Waals surface area contributed by atoms with Gasteiger partial charge in [-0.15, -0.1) is 0 Å². The van der Waals surface area contributed by atoms with E-state index >= 15 is 0 Å². The lowest BCUT2D eigenvalue weighted by Crippen LogP contribution is -2.14. The van der Waals surface area contributed by atoms with E-state index in [1.54, 1.807) is 23.9 Å². The number of hydrogen-bond donors (Lipinski definition) is 1. The summed E-state index contributed by atoms with van der Waals surface area (Å²) in [5.74, 6) is -0.409. The molecule has 54 valence electrons. The Hall–Kier alpha value is -0.770. The average Bonchev–Trinajstić information content (AvgIpc) is 2.10. The number of carbonyl (C=O) groups excluding carboxylic acids is 1. The molecule has 10 heavy (non-hydrogen) atoms. The molecule has 0 aliphatic carbocycles. The van der Waals surface area contributed by atoms with Crippen LogP contribution in [0.2, 0.25) is 0 Å². The van der Waals surface area contributed by atoms with Crippen LogP contribution in [0.4, 0.5) is 0 Å². The van der Waals surface area contributed by atoms with Crippen LogP contribution in [-0.4, -0.2) is 10.5 Å². The van der Waals surface area contributed by atoms with Crippen LogP contribution in [-0.2, 0) is 7.05 Å². The minimum atomic E-state index is -0.409. The largest absolute Gasteiger partial charge is 0.364 e. The molecule has 0 fully saturated rings. The number of aromatic nitrogens is 1. The smallest absolute Gasteiger partial charge is 0.265 e. The maximum absolute atomic E-state index is 10.6. The van der Waals surface area contributed by atoms with Crippen LogP contribution in [0.15, 0.2) is 16.7 Å². The first kappa shape index (κ1) is 7.34. The van der Waals surface area contributed by atoms with Gasteiger partial charge in [0.05, 0.1) is 0 Å². The minimum absolute atomic E-state index is 0.409. The van der Waals surface area contributed by atoms with Gasteiger partial charge in [-0.2, -0.15) is 0 Å². The number of aryl methyl sites for hydroxylation is 1. The van der Waals surface area contributed by atoms with Crippen LogP contribution in [0.5, 0.6) is 0 Å². The number of carbonyl (C=O) groups is 1. The minimum Gasteiger partial charge on any atom is -0.364 e. The van der Waals surface area contributed by atoms with Crippen molar-refractivity contribution in [2.24, 2.45) is 12.8 Å². The normalized spacial score (nSPS) is 9.80. The van der Waals surface area contributed by atoms with E-state index in [1.807, 2.05) is 0 Å². The van der Waals surface area contributed by atoms with Crippen LogP contribution in [0.1, 0.15) is 10.5 Å². The monoisotopic (exact) mass is 202 g/mol. The molecule has 1 aromatic heterocycles. The first-order valence-electron chi connectivity index (χ1n) is 2.73. The molecule has 0 aliphatic heterocycles. The summed E-state index contributed by atoms with van der Waals surface area (Å²) in [4.78, 5) is 10.6. The zero-order chi connectivity index (χ0) is 7.72. The first-order chi connectivity index (χ1) is 4.61. The van der Waals surface area contributed by atoms with E-state index in [2.05, 4.69) is 15.9 Å². The molecular weight excluding hydrogens is 196 g/mol. The summed E-state index contributed by atoms with van der Waals surface area (Å²) in [5.41, 5.74) is 5.55. The molecule has 0 saturated heterocycles. The number of halogens is 1. The fourth-order valence-electron chi connectivity index (χ4n) is 0.769. The SMILES string of the molecule is Cn1cc(Br)cc1C(N)=O. The second kappa shape index (κ2) is 2.46.